The molecule has 2 heterocycles. The highest BCUT2D eigenvalue weighted by Gasteiger charge is 2.19. The summed E-state index contributed by atoms with van der Waals surface area (Å²) in [6.45, 7) is 6.12. The number of hydrogen-bond donors (Lipinski definition) is 2. The molecule has 2 N–H and O–H groups in total. The van der Waals surface area contributed by atoms with E-state index in [4.69, 9.17) is 4.52 Å². The van der Waals surface area contributed by atoms with Crippen molar-refractivity contribution in [3.8, 4) is 11.4 Å². The Morgan fingerprint density at radius 1 is 1.30 bits per heavy atom. The van der Waals surface area contributed by atoms with Gasteiger partial charge in [-0.15, -0.1) is 12.4 Å². The molecule has 1 fully saturated rings. The number of nitrogens with zero attached hydrogens (tertiary/aromatic N) is 2. The number of aryl methyl sites for hydroxylation is 1. The average molecular weight is 393 g/mol. The molecule has 1 aromatic heterocycles. The Bertz CT molecular complexity index is 711. The van der Waals surface area contributed by atoms with Gasteiger partial charge in [0.25, 0.3) is 0 Å². The largest absolute Gasteiger partial charge is 0.345 e. The van der Waals surface area contributed by atoms with Gasteiger partial charge in [0, 0.05) is 12.0 Å². The number of benzene rings is 1. The number of halogens is 1. The van der Waals surface area contributed by atoms with Crippen molar-refractivity contribution in [2.75, 3.05) is 13.1 Å². The molecule has 0 aliphatic carbocycles. The van der Waals surface area contributed by atoms with Gasteiger partial charge in [-0.3, -0.25) is 4.79 Å². The van der Waals surface area contributed by atoms with E-state index in [1.54, 1.807) is 0 Å². The van der Waals surface area contributed by atoms with Crippen molar-refractivity contribution < 1.29 is 9.32 Å². The lowest BCUT2D eigenvalue weighted by Gasteiger charge is -2.22. The van der Waals surface area contributed by atoms with Gasteiger partial charge in [0.1, 0.15) is 6.04 Å². The van der Waals surface area contributed by atoms with E-state index in [-0.39, 0.29) is 24.4 Å². The van der Waals surface area contributed by atoms with Gasteiger partial charge >= 0.3 is 0 Å². The topological polar surface area (TPSA) is 80.0 Å². The van der Waals surface area contributed by atoms with Crippen molar-refractivity contribution in [3.63, 3.8) is 0 Å². The molecule has 0 bridgehead atoms. The zero-order valence-electron chi connectivity index (χ0n) is 16.0. The van der Waals surface area contributed by atoms with Crippen LogP contribution in [0.2, 0.25) is 0 Å². The van der Waals surface area contributed by atoms with Crippen LogP contribution in [0.1, 0.15) is 57.0 Å². The number of carbonyl (C=O) groups is 1. The summed E-state index contributed by atoms with van der Waals surface area (Å²) in [5, 5.41) is 10.4. The molecule has 0 spiro atoms. The van der Waals surface area contributed by atoms with Gasteiger partial charge in [-0.25, -0.2) is 0 Å². The van der Waals surface area contributed by atoms with Crippen molar-refractivity contribution in [1.29, 1.82) is 0 Å². The molecule has 7 heteroatoms. The molecular weight excluding hydrogens is 364 g/mol. The molecule has 1 unspecified atom stereocenters. The molecule has 3 rings (SSSR count). The van der Waals surface area contributed by atoms with Crippen LogP contribution < -0.4 is 10.6 Å². The molecule has 27 heavy (non-hydrogen) atoms. The minimum atomic E-state index is -0.285. The van der Waals surface area contributed by atoms with Crippen LogP contribution in [0.25, 0.3) is 11.4 Å². The first-order chi connectivity index (χ1) is 12.7. The summed E-state index contributed by atoms with van der Waals surface area (Å²) in [5.74, 6) is 1.69. The Morgan fingerprint density at radius 3 is 2.67 bits per heavy atom. The highest BCUT2D eigenvalue weighted by Crippen LogP contribution is 2.20. The molecule has 6 nitrogen and oxygen atoms in total. The highest BCUT2D eigenvalue weighted by atomic mass is 35.5. The quantitative estimate of drug-likeness (QED) is 0.751. The maximum Gasteiger partial charge on any atom is 0.249 e. The van der Waals surface area contributed by atoms with E-state index in [1.807, 2.05) is 19.1 Å². The zero-order chi connectivity index (χ0) is 18.4. The standard InChI is InChI=1S/C20H28N4O2.ClH/c1-3-15-4-7-17(8-5-15)19-23-20(26-24-19)14(2)22-18(25)9-6-16-10-12-21-13-11-16;/h4-5,7-8,14,16,21H,3,6,9-13H2,1-2H3,(H,22,25);1H. The van der Waals surface area contributed by atoms with E-state index in [0.717, 1.165) is 44.3 Å². The minimum absolute atomic E-state index is 0. The van der Waals surface area contributed by atoms with Crippen LogP contribution in [0.5, 0.6) is 0 Å². The second-order valence-corrected chi connectivity index (χ2v) is 7.03. The molecule has 1 amide bonds. The van der Waals surface area contributed by atoms with E-state index < -0.39 is 0 Å². The Labute approximate surface area is 166 Å². The number of rotatable bonds is 7. The average Bonchev–Trinajstić information content (AvgIpc) is 3.18. The normalized spacial score (nSPS) is 15.8. The highest BCUT2D eigenvalue weighted by molar-refractivity contribution is 5.85. The summed E-state index contributed by atoms with van der Waals surface area (Å²) < 4.78 is 5.35. The van der Waals surface area contributed by atoms with Crippen molar-refractivity contribution in [1.82, 2.24) is 20.8 Å². The van der Waals surface area contributed by atoms with E-state index in [2.05, 4.69) is 39.8 Å². The Balaban J connectivity index is 0.00000261. The van der Waals surface area contributed by atoms with E-state index in [9.17, 15) is 4.79 Å². The molecule has 0 radical (unpaired) electrons. The maximum atomic E-state index is 12.2. The fraction of sp³-hybridized carbons (Fsp3) is 0.550. The number of nitrogens with one attached hydrogen (secondary N) is 2. The van der Waals surface area contributed by atoms with Gasteiger partial charge < -0.3 is 15.2 Å². The number of carbonyl (C=O) groups excluding carboxylic acids is 1. The fourth-order valence-electron chi connectivity index (χ4n) is 3.30. The second-order valence-electron chi connectivity index (χ2n) is 7.03. The van der Waals surface area contributed by atoms with E-state index in [0.29, 0.717) is 24.1 Å². The molecule has 1 aliphatic rings. The van der Waals surface area contributed by atoms with E-state index >= 15 is 0 Å². The first kappa shape index (κ1) is 21.4. The fourth-order valence-corrected chi connectivity index (χ4v) is 3.30. The van der Waals surface area contributed by atoms with E-state index in [1.165, 1.54) is 5.56 Å². The predicted octanol–water partition coefficient (Wildman–Crippen LogP) is 3.68. The smallest absolute Gasteiger partial charge is 0.249 e. The summed E-state index contributed by atoms with van der Waals surface area (Å²) >= 11 is 0. The summed E-state index contributed by atoms with van der Waals surface area (Å²) in [5.41, 5.74) is 2.19. The van der Waals surface area contributed by atoms with Crippen LogP contribution in [0.15, 0.2) is 28.8 Å². The Kier molecular flexibility index (Phi) is 8.25. The molecule has 1 saturated heterocycles. The Hall–Kier alpha value is -1.92. The number of aromatic nitrogens is 2. The van der Waals surface area contributed by atoms with Gasteiger partial charge in [0.05, 0.1) is 0 Å². The van der Waals surface area contributed by atoms with Crippen LogP contribution in [0.3, 0.4) is 0 Å². The number of amides is 1. The lowest BCUT2D eigenvalue weighted by Crippen LogP contribution is -2.30. The third-order valence-corrected chi connectivity index (χ3v) is 5.05. The van der Waals surface area contributed by atoms with Gasteiger partial charge in [0.15, 0.2) is 0 Å². The van der Waals surface area contributed by atoms with Crippen LogP contribution in [-0.4, -0.2) is 29.1 Å². The monoisotopic (exact) mass is 392 g/mol. The lowest BCUT2D eigenvalue weighted by molar-refractivity contribution is -0.122. The predicted molar refractivity (Wildman–Crippen MR) is 108 cm³/mol. The molecular formula is C20H29ClN4O2. The van der Waals surface area contributed by atoms with Gasteiger partial charge in [-0.05, 0) is 57.2 Å². The Morgan fingerprint density at radius 2 is 2.00 bits per heavy atom. The van der Waals surface area contributed by atoms with Crippen LogP contribution in [-0.2, 0) is 11.2 Å². The van der Waals surface area contributed by atoms with Crippen molar-refractivity contribution >= 4 is 18.3 Å². The first-order valence-electron chi connectivity index (χ1n) is 9.58. The summed E-state index contributed by atoms with van der Waals surface area (Å²) in [6, 6.07) is 7.84. The first-order valence-corrected chi connectivity index (χ1v) is 9.58. The van der Waals surface area contributed by atoms with Gasteiger partial charge in [0.2, 0.25) is 17.6 Å². The third-order valence-electron chi connectivity index (χ3n) is 5.05. The van der Waals surface area contributed by atoms with Crippen LogP contribution in [0.4, 0.5) is 0 Å². The summed E-state index contributed by atoms with van der Waals surface area (Å²) in [6.07, 6.45) is 4.81. The summed E-state index contributed by atoms with van der Waals surface area (Å²) in [7, 11) is 0. The zero-order valence-corrected chi connectivity index (χ0v) is 16.8. The lowest BCUT2D eigenvalue weighted by atomic mass is 9.93. The van der Waals surface area contributed by atoms with Crippen molar-refractivity contribution in [2.24, 2.45) is 5.92 Å². The van der Waals surface area contributed by atoms with Crippen LogP contribution in [0, 0.1) is 5.92 Å². The molecule has 1 atom stereocenters. The van der Waals surface area contributed by atoms with Gasteiger partial charge in [-0.1, -0.05) is 36.3 Å². The summed E-state index contributed by atoms with van der Waals surface area (Å²) in [4.78, 5) is 16.6. The molecule has 2 aromatic rings. The number of piperidine rings is 1. The maximum absolute atomic E-state index is 12.2. The minimum Gasteiger partial charge on any atom is -0.345 e. The molecule has 0 saturated carbocycles. The van der Waals surface area contributed by atoms with Crippen LogP contribution >= 0.6 is 12.4 Å². The second kappa shape index (κ2) is 10.4. The SMILES string of the molecule is CCc1ccc(-c2noc(C(C)NC(=O)CCC3CCNCC3)n2)cc1.Cl. The molecule has 148 valence electrons. The van der Waals surface area contributed by atoms with Crippen molar-refractivity contribution in [2.45, 2.75) is 52.0 Å². The molecule has 1 aliphatic heterocycles. The van der Waals surface area contributed by atoms with Crippen molar-refractivity contribution in [3.05, 3.63) is 35.7 Å². The molecule has 1 aromatic carbocycles. The third kappa shape index (κ3) is 6.04. The van der Waals surface area contributed by atoms with Gasteiger partial charge in [-0.2, -0.15) is 4.98 Å². The number of hydrogen-bond acceptors (Lipinski definition) is 5.